The predicted molar refractivity (Wildman–Crippen MR) is 56.9 cm³/mol. The number of aldehydes is 1. The minimum atomic E-state index is 0.532. The molecule has 1 saturated carbocycles. The summed E-state index contributed by atoms with van der Waals surface area (Å²) in [7, 11) is 3.18. The molecule has 0 atom stereocenters. The summed E-state index contributed by atoms with van der Waals surface area (Å²) >= 11 is 0. The molecule has 0 heterocycles. The molecule has 0 unspecified atom stereocenters. The van der Waals surface area contributed by atoms with Gasteiger partial charge < -0.3 is 9.47 Å². The molecule has 0 aromatic heterocycles. The Morgan fingerprint density at radius 2 is 1.80 bits per heavy atom. The summed E-state index contributed by atoms with van der Waals surface area (Å²) in [4.78, 5) is 10.9. The van der Waals surface area contributed by atoms with Gasteiger partial charge in [0.25, 0.3) is 0 Å². The van der Waals surface area contributed by atoms with E-state index in [1.807, 2.05) is 6.07 Å². The molecule has 80 valence electrons. The SMILES string of the molecule is COc1cc(C=O)c(C2CC2)cc1OC. The first-order chi connectivity index (χ1) is 7.30. The Kier molecular flexibility index (Phi) is 2.62. The summed E-state index contributed by atoms with van der Waals surface area (Å²) in [5, 5.41) is 0. The van der Waals surface area contributed by atoms with E-state index in [9.17, 15) is 4.79 Å². The molecule has 1 aliphatic rings. The molecule has 0 saturated heterocycles. The molecule has 3 heteroatoms. The van der Waals surface area contributed by atoms with Gasteiger partial charge >= 0.3 is 0 Å². The highest BCUT2D eigenvalue weighted by Gasteiger charge is 2.27. The summed E-state index contributed by atoms with van der Waals surface area (Å²) in [5.41, 5.74) is 1.80. The smallest absolute Gasteiger partial charge is 0.161 e. The Morgan fingerprint density at radius 1 is 1.20 bits per heavy atom. The van der Waals surface area contributed by atoms with Crippen molar-refractivity contribution in [2.24, 2.45) is 0 Å². The van der Waals surface area contributed by atoms with Crippen molar-refractivity contribution in [1.29, 1.82) is 0 Å². The molecule has 3 nitrogen and oxygen atoms in total. The third-order valence-corrected chi connectivity index (χ3v) is 2.73. The second kappa shape index (κ2) is 3.93. The fraction of sp³-hybridized carbons (Fsp3) is 0.417. The van der Waals surface area contributed by atoms with Crippen LogP contribution in [0.15, 0.2) is 12.1 Å². The van der Waals surface area contributed by atoms with E-state index in [1.54, 1.807) is 20.3 Å². The topological polar surface area (TPSA) is 35.5 Å². The molecule has 1 aromatic carbocycles. The maximum atomic E-state index is 10.9. The van der Waals surface area contributed by atoms with Gasteiger partial charge in [-0.25, -0.2) is 0 Å². The molecule has 0 N–H and O–H groups in total. The van der Waals surface area contributed by atoms with Crippen molar-refractivity contribution in [2.45, 2.75) is 18.8 Å². The van der Waals surface area contributed by atoms with Crippen LogP contribution >= 0.6 is 0 Å². The van der Waals surface area contributed by atoms with E-state index in [2.05, 4.69) is 0 Å². The number of carbonyl (C=O) groups excluding carboxylic acids is 1. The zero-order valence-corrected chi connectivity index (χ0v) is 8.95. The van der Waals surface area contributed by atoms with Crippen molar-refractivity contribution in [1.82, 2.24) is 0 Å². The second-order valence-electron chi connectivity index (χ2n) is 3.73. The lowest BCUT2D eigenvalue weighted by Gasteiger charge is -2.11. The van der Waals surface area contributed by atoms with Crippen molar-refractivity contribution in [3.05, 3.63) is 23.3 Å². The predicted octanol–water partition coefficient (Wildman–Crippen LogP) is 2.39. The standard InChI is InChI=1S/C12H14O3/c1-14-11-5-9(7-13)10(8-3-4-8)6-12(11)15-2/h5-8H,3-4H2,1-2H3. The number of rotatable bonds is 4. The van der Waals surface area contributed by atoms with Crippen LogP contribution in [0.5, 0.6) is 11.5 Å². The first-order valence-electron chi connectivity index (χ1n) is 5.01. The van der Waals surface area contributed by atoms with Crippen molar-refractivity contribution < 1.29 is 14.3 Å². The lowest BCUT2D eigenvalue weighted by Crippen LogP contribution is -1.96. The fourth-order valence-electron chi connectivity index (χ4n) is 1.76. The Morgan fingerprint density at radius 3 is 2.27 bits per heavy atom. The Balaban J connectivity index is 2.48. The van der Waals surface area contributed by atoms with Crippen LogP contribution < -0.4 is 9.47 Å². The highest BCUT2D eigenvalue weighted by molar-refractivity contribution is 5.80. The lowest BCUT2D eigenvalue weighted by atomic mass is 10.0. The molecule has 0 spiro atoms. The second-order valence-corrected chi connectivity index (χ2v) is 3.73. The van der Waals surface area contributed by atoms with Crippen LogP contribution in [0, 0.1) is 0 Å². The highest BCUT2D eigenvalue weighted by atomic mass is 16.5. The number of carbonyl (C=O) groups is 1. The zero-order chi connectivity index (χ0) is 10.8. The maximum Gasteiger partial charge on any atom is 0.161 e. The van der Waals surface area contributed by atoms with E-state index in [0.717, 1.165) is 30.3 Å². The Bertz CT molecular complexity index is 381. The van der Waals surface area contributed by atoms with Gasteiger partial charge in [-0.3, -0.25) is 4.79 Å². The monoisotopic (exact) mass is 206 g/mol. The quantitative estimate of drug-likeness (QED) is 0.709. The third kappa shape index (κ3) is 1.82. The van der Waals surface area contributed by atoms with Gasteiger partial charge in [-0.1, -0.05) is 0 Å². The molecule has 1 aliphatic carbocycles. The summed E-state index contributed by atoms with van der Waals surface area (Å²) < 4.78 is 10.4. The van der Waals surface area contributed by atoms with Crippen LogP contribution in [0.25, 0.3) is 0 Å². The van der Waals surface area contributed by atoms with Crippen molar-refractivity contribution in [3.63, 3.8) is 0 Å². The summed E-state index contributed by atoms with van der Waals surface area (Å²) in [6.07, 6.45) is 3.21. The Hall–Kier alpha value is -1.51. The van der Waals surface area contributed by atoms with Crippen LogP contribution in [-0.2, 0) is 0 Å². The molecule has 0 aliphatic heterocycles. The molecule has 2 rings (SSSR count). The zero-order valence-electron chi connectivity index (χ0n) is 8.95. The van der Waals surface area contributed by atoms with E-state index in [4.69, 9.17) is 9.47 Å². The first-order valence-corrected chi connectivity index (χ1v) is 5.01. The number of ether oxygens (including phenoxy) is 2. The first kappa shape index (κ1) is 10.0. The van der Waals surface area contributed by atoms with Gasteiger partial charge in [0.1, 0.15) is 6.29 Å². The molecule has 1 fully saturated rings. The summed E-state index contributed by atoms with van der Waals surface area (Å²) in [6, 6.07) is 3.67. The average Bonchev–Trinajstić information content (AvgIpc) is 3.11. The van der Waals surface area contributed by atoms with Gasteiger partial charge in [-0.15, -0.1) is 0 Å². The number of methoxy groups -OCH3 is 2. The van der Waals surface area contributed by atoms with Gasteiger partial charge in [-0.2, -0.15) is 0 Å². The van der Waals surface area contributed by atoms with Gasteiger partial charge in [-0.05, 0) is 36.5 Å². The normalized spacial score (nSPS) is 14.8. The van der Waals surface area contributed by atoms with E-state index >= 15 is 0 Å². The van der Waals surface area contributed by atoms with Crippen LogP contribution in [0.4, 0.5) is 0 Å². The summed E-state index contributed by atoms with van der Waals surface area (Å²) in [5.74, 6) is 1.85. The van der Waals surface area contributed by atoms with Crippen molar-refractivity contribution in [3.8, 4) is 11.5 Å². The van der Waals surface area contributed by atoms with Crippen LogP contribution in [-0.4, -0.2) is 20.5 Å². The molecule has 0 bridgehead atoms. The van der Waals surface area contributed by atoms with Gasteiger partial charge in [0.15, 0.2) is 11.5 Å². The van der Waals surface area contributed by atoms with E-state index < -0.39 is 0 Å². The van der Waals surface area contributed by atoms with E-state index in [1.165, 1.54) is 0 Å². The van der Waals surface area contributed by atoms with Gasteiger partial charge in [0.05, 0.1) is 14.2 Å². The molecule has 0 radical (unpaired) electrons. The van der Waals surface area contributed by atoms with Crippen molar-refractivity contribution in [2.75, 3.05) is 14.2 Å². The molecule has 1 aromatic rings. The molecule has 0 amide bonds. The van der Waals surface area contributed by atoms with E-state index in [0.29, 0.717) is 17.4 Å². The minimum absolute atomic E-state index is 0.532. The molecular formula is C12H14O3. The highest BCUT2D eigenvalue weighted by Crippen LogP contribution is 2.44. The molecular weight excluding hydrogens is 192 g/mol. The van der Waals surface area contributed by atoms with Gasteiger partial charge in [0.2, 0.25) is 0 Å². The van der Waals surface area contributed by atoms with Crippen LogP contribution in [0.3, 0.4) is 0 Å². The minimum Gasteiger partial charge on any atom is -0.493 e. The number of hydrogen-bond acceptors (Lipinski definition) is 3. The van der Waals surface area contributed by atoms with Crippen molar-refractivity contribution >= 4 is 6.29 Å². The number of hydrogen-bond donors (Lipinski definition) is 0. The van der Waals surface area contributed by atoms with Gasteiger partial charge in [0, 0.05) is 5.56 Å². The molecule has 15 heavy (non-hydrogen) atoms. The number of benzene rings is 1. The van der Waals surface area contributed by atoms with E-state index in [-0.39, 0.29) is 0 Å². The third-order valence-electron chi connectivity index (χ3n) is 2.73. The van der Waals surface area contributed by atoms with Crippen LogP contribution in [0.1, 0.15) is 34.7 Å². The largest absolute Gasteiger partial charge is 0.493 e. The fourth-order valence-corrected chi connectivity index (χ4v) is 1.76. The average molecular weight is 206 g/mol. The maximum absolute atomic E-state index is 10.9. The van der Waals surface area contributed by atoms with Crippen LogP contribution in [0.2, 0.25) is 0 Å². The Labute approximate surface area is 89.0 Å². The summed E-state index contributed by atoms with van der Waals surface area (Å²) in [6.45, 7) is 0. The lowest BCUT2D eigenvalue weighted by molar-refractivity contribution is 0.112.